The Balaban J connectivity index is 1.77. The van der Waals surface area contributed by atoms with Gasteiger partial charge in [0.2, 0.25) is 0 Å². The molecule has 3 rings (SSSR count). The zero-order valence-electron chi connectivity index (χ0n) is 15.4. The molecule has 0 aliphatic carbocycles. The van der Waals surface area contributed by atoms with Gasteiger partial charge < -0.3 is 10.2 Å². The minimum Gasteiger partial charge on any atom is -0.349 e. The SMILES string of the molecule is CN(C)C(CNC(=O)c1ccc(=O)n(-c2ccccc2)n1)c1ccccc1. The van der Waals surface area contributed by atoms with Crippen molar-refractivity contribution in [2.75, 3.05) is 20.6 Å². The van der Waals surface area contributed by atoms with Crippen molar-refractivity contribution in [3.8, 4) is 5.69 Å². The first-order valence-electron chi connectivity index (χ1n) is 8.71. The zero-order chi connectivity index (χ0) is 19.2. The van der Waals surface area contributed by atoms with Crippen LogP contribution in [0.3, 0.4) is 0 Å². The number of aromatic nitrogens is 2. The summed E-state index contributed by atoms with van der Waals surface area (Å²) in [6, 6.07) is 21.9. The fourth-order valence-electron chi connectivity index (χ4n) is 2.84. The summed E-state index contributed by atoms with van der Waals surface area (Å²) in [7, 11) is 3.94. The van der Waals surface area contributed by atoms with Crippen molar-refractivity contribution in [3.05, 3.63) is 94.4 Å². The van der Waals surface area contributed by atoms with Gasteiger partial charge >= 0.3 is 0 Å². The highest BCUT2D eigenvalue weighted by Crippen LogP contribution is 2.16. The van der Waals surface area contributed by atoms with Gasteiger partial charge in [-0.05, 0) is 37.9 Å². The Hall–Kier alpha value is -3.25. The molecule has 1 unspecified atom stereocenters. The monoisotopic (exact) mass is 362 g/mol. The smallest absolute Gasteiger partial charge is 0.271 e. The number of para-hydroxylation sites is 1. The van der Waals surface area contributed by atoms with Gasteiger partial charge in [0.1, 0.15) is 5.69 Å². The number of hydrogen-bond donors (Lipinski definition) is 1. The topological polar surface area (TPSA) is 67.2 Å². The maximum atomic E-state index is 12.6. The maximum Gasteiger partial charge on any atom is 0.271 e. The highest BCUT2D eigenvalue weighted by Gasteiger charge is 2.17. The van der Waals surface area contributed by atoms with E-state index in [0.717, 1.165) is 5.56 Å². The molecule has 1 aromatic heterocycles. The van der Waals surface area contributed by atoms with Crippen LogP contribution in [0.1, 0.15) is 22.1 Å². The average molecular weight is 362 g/mol. The molecule has 6 heteroatoms. The summed E-state index contributed by atoms with van der Waals surface area (Å²) in [5, 5.41) is 7.14. The molecule has 0 aliphatic heterocycles. The third kappa shape index (κ3) is 4.48. The molecule has 1 heterocycles. The third-order valence-corrected chi connectivity index (χ3v) is 4.30. The van der Waals surface area contributed by atoms with Crippen molar-refractivity contribution in [1.82, 2.24) is 20.0 Å². The normalized spacial score (nSPS) is 12.0. The van der Waals surface area contributed by atoms with Gasteiger partial charge in [0.05, 0.1) is 11.7 Å². The quantitative estimate of drug-likeness (QED) is 0.730. The summed E-state index contributed by atoms with van der Waals surface area (Å²) in [6.07, 6.45) is 0. The number of hydrogen-bond acceptors (Lipinski definition) is 4. The van der Waals surface area contributed by atoms with Gasteiger partial charge in [0.25, 0.3) is 11.5 Å². The second-order valence-electron chi connectivity index (χ2n) is 6.40. The Morgan fingerprint density at radius 2 is 1.63 bits per heavy atom. The molecule has 0 aliphatic rings. The number of rotatable bonds is 6. The molecule has 0 spiro atoms. The van der Waals surface area contributed by atoms with Crippen molar-refractivity contribution in [3.63, 3.8) is 0 Å². The Bertz CT molecular complexity index is 953. The van der Waals surface area contributed by atoms with Crippen molar-refractivity contribution < 1.29 is 4.79 Å². The van der Waals surface area contributed by atoms with Gasteiger partial charge in [-0.25, -0.2) is 0 Å². The molecule has 3 aromatic rings. The average Bonchev–Trinajstić information content (AvgIpc) is 2.69. The van der Waals surface area contributed by atoms with E-state index in [4.69, 9.17) is 0 Å². The van der Waals surface area contributed by atoms with Crippen LogP contribution in [0.5, 0.6) is 0 Å². The lowest BCUT2D eigenvalue weighted by Crippen LogP contribution is -2.35. The number of carbonyl (C=O) groups is 1. The Labute approximate surface area is 158 Å². The van der Waals surface area contributed by atoms with E-state index in [1.807, 2.05) is 67.5 Å². The molecule has 0 radical (unpaired) electrons. The summed E-state index contributed by atoms with van der Waals surface area (Å²) in [6.45, 7) is 0.433. The molecule has 138 valence electrons. The van der Waals surface area contributed by atoms with Crippen LogP contribution in [0.15, 0.2) is 77.6 Å². The summed E-state index contributed by atoms with van der Waals surface area (Å²) < 4.78 is 1.23. The summed E-state index contributed by atoms with van der Waals surface area (Å²) in [5.74, 6) is -0.317. The summed E-state index contributed by atoms with van der Waals surface area (Å²) >= 11 is 0. The first kappa shape index (κ1) is 18.5. The Morgan fingerprint density at radius 3 is 2.26 bits per heavy atom. The van der Waals surface area contributed by atoms with E-state index in [2.05, 4.69) is 10.4 Å². The number of carbonyl (C=O) groups excluding carboxylic acids is 1. The van der Waals surface area contributed by atoms with Crippen LogP contribution in [0.4, 0.5) is 0 Å². The molecular weight excluding hydrogens is 340 g/mol. The van der Waals surface area contributed by atoms with Crippen LogP contribution >= 0.6 is 0 Å². The second kappa shape index (κ2) is 8.42. The molecule has 2 aromatic carbocycles. The summed E-state index contributed by atoms with van der Waals surface area (Å²) in [5.41, 5.74) is 1.65. The number of nitrogens with one attached hydrogen (secondary N) is 1. The van der Waals surface area contributed by atoms with Crippen molar-refractivity contribution >= 4 is 5.91 Å². The van der Waals surface area contributed by atoms with E-state index >= 15 is 0 Å². The third-order valence-electron chi connectivity index (χ3n) is 4.30. The van der Waals surface area contributed by atoms with Crippen molar-refractivity contribution in [2.45, 2.75) is 6.04 Å². The predicted octanol–water partition coefficient (Wildman–Crippen LogP) is 2.27. The number of benzene rings is 2. The van der Waals surface area contributed by atoms with Gasteiger partial charge in [-0.2, -0.15) is 9.78 Å². The van der Waals surface area contributed by atoms with Crippen molar-refractivity contribution in [2.24, 2.45) is 0 Å². The van der Waals surface area contributed by atoms with Gasteiger partial charge in [0.15, 0.2) is 0 Å². The molecule has 1 N–H and O–H groups in total. The van der Waals surface area contributed by atoms with Gasteiger partial charge in [-0.15, -0.1) is 0 Å². The standard InChI is InChI=1S/C21H22N4O2/c1-24(2)19(16-9-5-3-6-10-16)15-22-21(27)18-13-14-20(26)25(23-18)17-11-7-4-8-12-17/h3-14,19H,15H2,1-2H3,(H,22,27). The lowest BCUT2D eigenvalue weighted by Gasteiger charge is -2.25. The van der Waals surface area contributed by atoms with Crippen LogP contribution in [0, 0.1) is 0 Å². The number of nitrogens with zero attached hydrogens (tertiary/aromatic N) is 3. The maximum absolute atomic E-state index is 12.6. The molecule has 0 fully saturated rings. The fraction of sp³-hybridized carbons (Fsp3) is 0.190. The van der Waals surface area contributed by atoms with Crippen LogP contribution in [0.25, 0.3) is 5.69 Å². The van der Waals surface area contributed by atoms with E-state index in [1.54, 1.807) is 12.1 Å². The number of amides is 1. The van der Waals surface area contributed by atoms with Crippen molar-refractivity contribution in [1.29, 1.82) is 0 Å². The van der Waals surface area contributed by atoms with E-state index < -0.39 is 0 Å². The molecule has 0 saturated carbocycles. The lowest BCUT2D eigenvalue weighted by atomic mass is 10.1. The largest absolute Gasteiger partial charge is 0.349 e. The molecule has 1 atom stereocenters. The molecule has 0 bridgehead atoms. The molecule has 0 saturated heterocycles. The minimum atomic E-state index is -0.317. The first-order valence-corrected chi connectivity index (χ1v) is 8.71. The molecule has 1 amide bonds. The Kier molecular flexibility index (Phi) is 5.78. The van der Waals surface area contributed by atoms with E-state index in [0.29, 0.717) is 12.2 Å². The predicted molar refractivity (Wildman–Crippen MR) is 105 cm³/mol. The van der Waals surface area contributed by atoms with E-state index in [-0.39, 0.29) is 23.2 Å². The number of likely N-dealkylation sites (N-methyl/N-ethyl adjacent to an activating group) is 1. The van der Waals surface area contributed by atoms with Gasteiger partial charge in [-0.3, -0.25) is 9.59 Å². The molecule has 27 heavy (non-hydrogen) atoms. The van der Waals surface area contributed by atoms with Gasteiger partial charge in [-0.1, -0.05) is 48.5 Å². The van der Waals surface area contributed by atoms with E-state index in [1.165, 1.54) is 16.8 Å². The fourth-order valence-corrected chi connectivity index (χ4v) is 2.84. The minimum absolute atomic E-state index is 0.0372. The van der Waals surface area contributed by atoms with Crippen LogP contribution in [-0.4, -0.2) is 41.2 Å². The lowest BCUT2D eigenvalue weighted by molar-refractivity contribution is 0.0935. The second-order valence-corrected chi connectivity index (χ2v) is 6.40. The van der Waals surface area contributed by atoms with Crippen LogP contribution in [-0.2, 0) is 0 Å². The highest BCUT2D eigenvalue weighted by molar-refractivity contribution is 5.92. The van der Waals surface area contributed by atoms with Crippen LogP contribution in [0.2, 0.25) is 0 Å². The molecule has 6 nitrogen and oxygen atoms in total. The zero-order valence-corrected chi connectivity index (χ0v) is 15.4. The highest BCUT2D eigenvalue weighted by atomic mass is 16.2. The molecular formula is C21H22N4O2. The van der Waals surface area contributed by atoms with Crippen LogP contribution < -0.4 is 10.9 Å². The Morgan fingerprint density at radius 1 is 1.00 bits per heavy atom. The van der Waals surface area contributed by atoms with Gasteiger partial charge in [0, 0.05) is 12.6 Å². The summed E-state index contributed by atoms with van der Waals surface area (Å²) in [4.78, 5) is 26.7. The first-order chi connectivity index (χ1) is 13.1. The van der Waals surface area contributed by atoms with E-state index in [9.17, 15) is 9.59 Å².